The molecule has 2 aromatic carbocycles. The number of benzene rings is 2. The molecule has 28 heavy (non-hydrogen) atoms. The minimum Gasteiger partial charge on any atom is -0.497 e. The Balaban J connectivity index is 1.70. The van der Waals surface area contributed by atoms with E-state index in [-0.39, 0.29) is 18.2 Å². The number of halogens is 1. The Morgan fingerprint density at radius 3 is 2.39 bits per heavy atom. The van der Waals surface area contributed by atoms with Gasteiger partial charge in [-0.3, -0.25) is 4.79 Å². The van der Waals surface area contributed by atoms with Gasteiger partial charge in [-0.2, -0.15) is 0 Å². The Morgan fingerprint density at radius 2 is 1.75 bits per heavy atom. The first-order chi connectivity index (χ1) is 13.5. The van der Waals surface area contributed by atoms with Crippen molar-refractivity contribution in [3.63, 3.8) is 0 Å². The lowest BCUT2D eigenvalue weighted by Gasteiger charge is -2.12. The number of ether oxygens (including phenoxy) is 3. The molecule has 3 rings (SSSR count). The van der Waals surface area contributed by atoms with Gasteiger partial charge in [0, 0.05) is 11.6 Å². The monoisotopic (exact) mass is 403 g/mol. The van der Waals surface area contributed by atoms with E-state index in [0.717, 1.165) is 11.3 Å². The first-order valence-corrected chi connectivity index (χ1v) is 8.60. The highest BCUT2D eigenvalue weighted by Gasteiger charge is 2.16. The molecular weight excluding hydrogens is 386 g/mol. The van der Waals surface area contributed by atoms with E-state index in [1.165, 1.54) is 14.2 Å². The third-order valence-electron chi connectivity index (χ3n) is 3.86. The zero-order chi connectivity index (χ0) is 20.1. The molecule has 1 aromatic heterocycles. The summed E-state index contributed by atoms with van der Waals surface area (Å²) < 4.78 is 21.1. The Hall–Kier alpha value is -3.26. The smallest absolute Gasteiger partial charge is 0.247 e. The van der Waals surface area contributed by atoms with Crippen molar-refractivity contribution in [3.8, 4) is 28.7 Å². The second-order valence-corrected chi connectivity index (χ2v) is 6.05. The van der Waals surface area contributed by atoms with E-state index in [9.17, 15) is 4.79 Å². The van der Waals surface area contributed by atoms with Crippen LogP contribution in [0.25, 0.3) is 11.5 Å². The van der Waals surface area contributed by atoms with E-state index in [1.54, 1.807) is 43.5 Å². The minimum absolute atomic E-state index is 0.101. The molecule has 9 heteroatoms. The summed E-state index contributed by atoms with van der Waals surface area (Å²) in [4.78, 5) is 12.4. The molecule has 3 aromatic rings. The molecular formula is C19H18ClN3O5. The number of hydrogen-bond acceptors (Lipinski definition) is 7. The molecule has 0 aliphatic carbocycles. The van der Waals surface area contributed by atoms with E-state index < -0.39 is 0 Å². The van der Waals surface area contributed by atoms with Gasteiger partial charge >= 0.3 is 0 Å². The van der Waals surface area contributed by atoms with Crippen molar-refractivity contribution >= 4 is 23.2 Å². The summed E-state index contributed by atoms with van der Waals surface area (Å²) in [6.07, 6.45) is -0.101. The second-order valence-electron chi connectivity index (χ2n) is 5.64. The predicted molar refractivity (Wildman–Crippen MR) is 103 cm³/mol. The number of anilines is 1. The highest BCUT2D eigenvalue weighted by Crippen LogP contribution is 2.36. The van der Waals surface area contributed by atoms with Gasteiger partial charge in [0.2, 0.25) is 17.7 Å². The van der Waals surface area contributed by atoms with E-state index in [1.807, 2.05) is 0 Å². The average Bonchev–Trinajstić information content (AvgIpc) is 3.16. The van der Waals surface area contributed by atoms with Crippen LogP contribution in [0.2, 0.25) is 5.02 Å². The molecule has 0 bridgehead atoms. The zero-order valence-corrected chi connectivity index (χ0v) is 16.2. The molecule has 146 valence electrons. The summed E-state index contributed by atoms with van der Waals surface area (Å²) in [6.45, 7) is 0. The van der Waals surface area contributed by atoms with Gasteiger partial charge in [0.25, 0.3) is 0 Å². The molecule has 0 aliphatic rings. The molecule has 0 radical (unpaired) electrons. The van der Waals surface area contributed by atoms with Crippen molar-refractivity contribution < 1.29 is 23.4 Å². The summed E-state index contributed by atoms with van der Waals surface area (Å²) in [6, 6.07) is 10.3. The Morgan fingerprint density at radius 1 is 1.04 bits per heavy atom. The normalized spacial score (nSPS) is 10.4. The van der Waals surface area contributed by atoms with Crippen LogP contribution in [-0.4, -0.2) is 37.4 Å². The SMILES string of the molecule is COc1ccc(-c2nnc(CC(=O)Nc3cc(Cl)c(OC)cc3OC)o2)cc1. The van der Waals surface area contributed by atoms with Gasteiger partial charge in [0.05, 0.1) is 32.0 Å². The summed E-state index contributed by atoms with van der Waals surface area (Å²) >= 11 is 6.11. The van der Waals surface area contributed by atoms with Crippen molar-refractivity contribution in [2.45, 2.75) is 6.42 Å². The third-order valence-corrected chi connectivity index (χ3v) is 4.16. The molecule has 1 amide bonds. The van der Waals surface area contributed by atoms with Crippen LogP contribution in [-0.2, 0) is 11.2 Å². The fourth-order valence-electron chi connectivity index (χ4n) is 2.46. The van der Waals surface area contributed by atoms with Crippen molar-refractivity contribution in [2.24, 2.45) is 0 Å². The van der Waals surface area contributed by atoms with Crippen molar-refractivity contribution in [2.75, 3.05) is 26.6 Å². The number of carbonyl (C=O) groups is 1. The van der Waals surface area contributed by atoms with Crippen LogP contribution in [0.15, 0.2) is 40.8 Å². The Bertz CT molecular complexity index is 972. The zero-order valence-electron chi connectivity index (χ0n) is 15.5. The summed E-state index contributed by atoms with van der Waals surface area (Å²) in [5, 5.41) is 11.0. The lowest BCUT2D eigenvalue weighted by molar-refractivity contribution is -0.115. The van der Waals surface area contributed by atoms with E-state index in [4.69, 9.17) is 30.2 Å². The second kappa shape index (κ2) is 8.62. The van der Waals surface area contributed by atoms with E-state index in [0.29, 0.717) is 28.1 Å². The number of amides is 1. The van der Waals surface area contributed by atoms with Crippen LogP contribution in [0.1, 0.15) is 5.89 Å². The number of methoxy groups -OCH3 is 3. The van der Waals surface area contributed by atoms with Crippen LogP contribution < -0.4 is 19.5 Å². The lowest BCUT2D eigenvalue weighted by Crippen LogP contribution is -2.15. The van der Waals surface area contributed by atoms with Crippen LogP contribution in [0.4, 0.5) is 5.69 Å². The Labute approximate surface area is 166 Å². The van der Waals surface area contributed by atoms with Crippen LogP contribution in [0.5, 0.6) is 17.2 Å². The van der Waals surface area contributed by atoms with Crippen molar-refractivity contribution in [3.05, 3.63) is 47.3 Å². The topological polar surface area (TPSA) is 95.7 Å². The van der Waals surface area contributed by atoms with Crippen molar-refractivity contribution in [1.82, 2.24) is 10.2 Å². The lowest BCUT2D eigenvalue weighted by atomic mass is 10.2. The van der Waals surface area contributed by atoms with Gasteiger partial charge in [-0.05, 0) is 30.3 Å². The first kappa shape index (κ1) is 19.5. The molecule has 1 heterocycles. The number of carbonyl (C=O) groups excluding carboxylic acids is 1. The van der Waals surface area contributed by atoms with Gasteiger partial charge in [-0.1, -0.05) is 11.6 Å². The van der Waals surface area contributed by atoms with Gasteiger partial charge in [0.15, 0.2) is 0 Å². The molecule has 0 saturated carbocycles. The molecule has 0 unspecified atom stereocenters. The fraction of sp³-hybridized carbons (Fsp3) is 0.211. The number of nitrogens with one attached hydrogen (secondary N) is 1. The highest BCUT2D eigenvalue weighted by molar-refractivity contribution is 6.32. The molecule has 0 spiro atoms. The molecule has 0 fully saturated rings. The summed E-state index contributed by atoms with van der Waals surface area (Å²) in [5.74, 6) is 1.72. The Kier molecular flexibility index (Phi) is 6.00. The molecule has 0 atom stereocenters. The number of nitrogens with zero attached hydrogens (tertiary/aromatic N) is 2. The predicted octanol–water partition coefficient (Wildman–Crippen LogP) is 3.60. The molecule has 0 aliphatic heterocycles. The number of aromatic nitrogens is 2. The highest BCUT2D eigenvalue weighted by atomic mass is 35.5. The maximum absolute atomic E-state index is 12.4. The largest absolute Gasteiger partial charge is 0.497 e. The van der Waals surface area contributed by atoms with Crippen LogP contribution >= 0.6 is 11.6 Å². The maximum atomic E-state index is 12.4. The molecule has 0 saturated heterocycles. The number of hydrogen-bond donors (Lipinski definition) is 1. The molecule has 1 N–H and O–H groups in total. The third kappa shape index (κ3) is 4.34. The van der Waals surface area contributed by atoms with Crippen molar-refractivity contribution in [1.29, 1.82) is 0 Å². The van der Waals surface area contributed by atoms with Gasteiger partial charge in [0.1, 0.15) is 23.7 Å². The number of rotatable bonds is 7. The van der Waals surface area contributed by atoms with Gasteiger partial charge < -0.3 is 23.9 Å². The van der Waals surface area contributed by atoms with Gasteiger partial charge in [-0.15, -0.1) is 10.2 Å². The maximum Gasteiger partial charge on any atom is 0.247 e. The van der Waals surface area contributed by atoms with Crippen LogP contribution in [0.3, 0.4) is 0 Å². The minimum atomic E-state index is -0.357. The summed E-state index contributed by atoms with van der Waals surface area (Å²) in [5.41, 5.74) is 1.14. The fourth-order valence-corrected chi connectivity index (χ4v) is 2.71. The quantitative estimate of drug-likeness (QED) is 0.643. The first-order valence-electron chi connectivity index (χ1n) is 8.22. The van der Waals surface area contributed by atoms with Gasteiger partial charge in [-0.25, -0.2) is 0 Å². The van der Waals surface area contributed by atoms with Crippen LogP contribution in [0, 0.1) is 0 Å². The average molecular weight is 404 g/mol. The molecule has 8 nitrogen and oxygen atoms in total. The van der Waals surface area contributed by atoms with E-state index >= 15 is 0 Å². The summed E-state index contributed by atoms with van der Waals surface area (Å²) in [7, 11) is 4.57. The van der Waals surface area contributed by atoms with E-state index in [2.05, 4.69) is 15.5 Å². The standard InChI is InChI=1S/C19H18ClN3O5/c1-25-12-6-4-11(5-7-12)19-23-22-18(28-19)10-17(24)21-14-8-13(20)15(26-2)9-16(14)27-3/h4-9H,10H2,1-3H3,(H,21,24).